The number of hydrogen-bond acceptors (Lipinski definition) is 3. The molecule has 4 heteroatoms. The first kappa shape index (κ1) is 11.2. The smallest absolute Gasteiger partial charge is 0.104 e. The largest absolute Gasteiger partial charge is 0.357 e. The highest BCUT2D eigenvalue weighted by Gasteiger charge is 2.36. The van der Waals surface area contributed by atoms with Crippen LogP contribution >= 0.6 is 11.8 Å². The van der Waals surface area contributed by atoms with E-state index in [-0.39, 0.29) is 5.41 Å². The zero-order valence-electron chi connectivity index (χ0n) is 10.9. The molecule has 0 unspecified atom stereocenters. The third-order valence-corrected chi connectivity index (χ3v) is 5.08. The molecule has 0 spiro atoms. The van der Waals surface area contributed by atoms with Crippen molar-refractivity contribution in [2.24, 2.45) is 0 Å². The van der Waals surface area contributed by atoms with Crippen molar-refractivity contribution in [1.29, 1.82) is 0 Å². The van der Waals surface area contributed by atoms with Crippen molar-refractivity contribution < 1.29 is 0 Å². The summed E-state index contributed by atoms with van der Waals surface area (Å²) in [5.41, 5.74) is 5.06. The maximum absolute atomic E-state index is 4.47. The van der Waals surface area contributed by atoms with Gasteiger partial charge in [0.05, 0.1) is 10.6 Å². The van der Waals surface area contributed by atoms with E-state index in [1.807, 2.05) is 18.0 Å². The van der Waals surface area contributed by atoms with Gasteiger partial charge in [-0.2, -0.15) is 5.10 Å². The number of nitrogens with one attached hydrogen (secondary N) is 2. The lowest BCUT2D eigenvalue weighted by molar-refractivity contribution is 0.514. The Bertz CT molecular complexity index is 697. The molecule has 0 atom stereocenters. The Labute approximate surface area is 116 Å². The summed E-state index contributed by atoms with van der Waals surface area (Å²) in [6, 6.07) is 8.45. The molecule has 0 saturated heterocycles. The number of benzene rings is 1. The average molecular weight is 269 g/mol. The zero-order chi connectivity index (χ0) is 13.0. The van der Waals surface area contributed by atoms with Gasteiger partial charge in [0.25, 0.3) is 0 Å². The van der Waals surface area contributed by atoms with Crippen molar-refractivity contribution in [3.05, 3.63) is 47.4 Å². The Hall–Kier alpha value is -1.68. The molecule has 0 amide bonds. The highest BCUT2D eigenvalue weighted by molar-refractivity contribution is 8.08. The van der Waals surface area contributed by atoms with Crippen LogP contribution in [0.2, 0.25) is 0 Å². The van der Waals surface area contributed by atoms with Crippen molar-refractivity contribution in [2.75, 3.05) is 5.32 Å². The van der Waals surface area contributed by atoms with E-state index < -0.39 is 0 Å². The van der Waals surface area contributed by atoms with E-state index in [2.05, 4.69) is 53.6 Å². The number of nitrogens with zero attached hydrogens (tertiary/aromatic N) is 1. The van der Waals surface area contributed by atoms with Crippen LogP contribution in [0, 0.1) is 0 Å². The van der Waals surface area contributed by atoms with Crippen LogP contribution in [0.1, 0.15) is 31.5 Å². The van der Waals surface area contributed by atoms with E-state index >= 15 is 0 Å². The first-order valence-corrected chi connectivity index (χ1v) is 7.28. The second kappa shape index (κ2) is 3.67. The number of thioether (sulfide) groups is 1. The fourth-order valence-corrected chi connectivity index (χ4v) is 3.98. The number of aromatic amines is 1. The van der Waals surface area contributed by atoms with Gasteiger partial charge in [-0.05, 0) is 24.0 Å². The molecule has 96 valence electrons. The maximum Gasteiger partial charge on any atom is 0.104 e. The van der Waals surface area contributed by atoms with E-state index in [0.717, 1.165) is 12.1 Å². The van der Waals surface area contributed by atoms with Gasteiger partial charge < -0.3 is 5.32 Å². The molecule has 2 heterocycles. The van der Waals surface area contributed by atoms with Gasteiger partial charge in [-0.1, -0.05) is 37.7 Å². The predicted molar refractivity (Wildman–Crippen MR) is 79.1 cm³/mol. The lowest BCUT2D eigenvalue weighted by Crippen LogP contribution is -2.26. The number of anilines is 1. The van der Waals surface area contributed by atoms with Crippen LogP contribution in [0.25, 0.3) is 4.91 Å². The highest BCUT2D eigenvalue weighted by atomic mass is 32.2. The van der Waals surface area contributed by atoms with E-state index in [4.69, 9.17) is 0 Å². The first-order valence-electron chi connectivity index (χ1n) is 6.47. The monoisotopic (exact) mass is 269 g/mol. The number of fused-ring (bicyclic) bond motifs is 3. The van der Waals surface area contributed by atoms with Gasteiger partial charge in [-0.25, -0.2) is 0 Å². The molecule has 0 radical (unpaired) electrons. The third-order valence-electron chi connectivity index (χ3n) is 3.86. The zero-order valence-corrected chi connectivity index (χ0v) is 11.8. The Morgan fingerprint density at radius 3 is 3.00 bits per heavy atom. The Morgan fingerprint density at radius 2 is 2.11 bits per heavy atom. The molecule has 4 rings (SSSR count). The summed E-state index contributed by atoms with van der Waals surface area (Å²) in [5.74, 6) is 0. The van der Waals surface area contributed by atoms with Crippen LogP contribution in [0.5, 0.6) is 0 Å². The van der Waals surface area contributed by atoms with E-state index in [0.29, 0.717) is 0 Å². The molecule has 1 aromatic heterocycles. The van der Waals surface area contributed by atoms with Gasteiger partial charge in [0, 0.05) is 22.4 Å². The molecule has 1 aliphatic carbocycles. The Balaban J connectivity index is 1.88. The number of para-hydroxylation sites is 1. The minimum atomic E-state index is 0.126. The molecule has 2 aliphatic rings. The van der Waals surface area contributed by atoms with Gasteiger partial charge in [-0.15, -0.1) is 0 Å². The molecule has 2 N–H and O–H groups in total. The number of H-pyrrole nitrogens is 1. The summed E-state index contributed by atoms with van der Waals surface area (Å²) in [6.07, 6.45) is 3.07. The Morgan fingerprint density at radius 1 is 1.26 bits per heavy atom. The summed E-state index contributed by atoms with van der Waals surface area (Å²) < 4.78 is 0. The van der Waals surface area contributed by atoms with Crippen LogP contribution in [0.3, 0.4) is 0 Å². The van der Waals surface area contributed by atoms with E-state index in [1.54, 1.807) is 0 Å². The molecule has 0 fully saturated rings. The van der Waals surface area contributed by atoms with Gasteiger partial charge in [0.15, 0.2) is 0 Å². The van der Waals surface area contributed by atoms with Crippen LogP contribution in [-0.2, 0) is 5.41 Å². The predicted octanol–water partition coefficient (Wildman–Crippen LogP) is 3.98. The summed E-state index contributed by atoms with van der Waals surface area (Å²) in [7, 11) is 0. The van der Waals surface area contributed by atoms with Gasteiger partial charge >= 0.3 is 0 Å². The molecule has 19 heavy (non-hydrogen) atoms. The van der Waals surface area contributed by atoms with Crippen molar-refractivity contribution in [3.8, 4) is 0 Å². The fourth-order valence-electron chi connectivity index (χ4n) is 2.88. The number of rotatable bonds is 0. The van der Waals surface area contributed by atoms with Crippen LogP contribution < -0.4 is 5.32 Å². The van der Waals surface area contributed by atoms with Crippen molar-refractivity contribution in [2.45, 2.75) is 30.6 Å². The molecule has 3 nitrogen and oxygen atoms in total. The lowest BCUT2D eigenvalue weighted by atomic mass is 9.77. The van der Waals surface area contributed by atoms with Crippen LogP contribution in [-0.4, -0.2) is 10.2 Å². The summed E-state index contributed by atoms with van der Waals surface area (Å²) in [6.45, 7) is 4.55. The summed E-state index contributed by atoms with van der Waals surface area (Å²) in [5, 5.41) is 11.1. The van der Waals surface area contributed by atoms with Gasteiger partial charge in [-0.3, -0.25) is 5.10 Å². The first-order chi connectivity index (χ1) is 9.15. The minimum Gasteiger partial charge on any atom is -0.357 e. The Kier molecular flexibility index (Phi) is 2.16. The fraction of sp³-hybridized carbons (Fsp3) is 0.267. The van der Waals surface area contributed by atoms with E-state index in [9.17, 15) is 0 Å². The van der Waals surface area contributed by atoms with Gasteiger partial charge in [0.1, 0.15) is 5.69 Å². The number of aromatic nitrogens is 2. The molecule has 0 saturated carbocycles. The maximum atomic E-state index is 4.47. The lowest BCUT2D eigenvalue weighted by Gasteiger charge is -2.35. The normalized spacial score (nSPS) is 19.3. The molecule has 1 aromatic carbocycles. The summed E-state index contributed by atoms with van der Waals surface area (Å²) >= 11 is 1.82. The molecule has 1 aliphatic heterocycles. The van der Waals surface area contributed by atoms with Crippen molar-refractivity contribution in [3.63, 3.8) is 0 Å². The van der Waals surface area contributed by atoms with Crippen LogP contribution in [0.15, 0.2) is 41.1 Å². The van der Waals surface area contributed by atoms with Crippen LogP contribution in [0.4, 0.5) is 5.69 Å². The third kappa shape index (κ3) is 1.56. The number of allylic oxidation sites excluding steroid dienone is 1. The number of hydrogen-bond donors (Lipinski definition) is 2. The van der Waals surface area contributed by atoms with Crippen molar-refractivity contribution >= 4 is 22.4 Å². The van der Waals surface area contributed by atoms with E-state index in [1.165, 1.54) is 26.7 Å². The van der Waals surface area contributed by atoms with Crippen molar-refractivity contribution in [1.82, 2.24) is 10.2 Å². The molecule has 2 aromatic rings. The minimum absolute atomic E-state index is 0.126. The quantitative estimate of drug-likeness (QED) is 0.760. The average Bonchev–Trinajstić information content (AvgIpc) is 2.87. The second-order valence-electron chi connectivity index (χ2n) is 5.74. The summed E-state index contributed by atoms with van der Waals surface area (Å²) in [4.78, 5) is 2.55. The SMILES string of the molecule is CC1(C)CC2=C(Sc3ccccc3N2)c2n[nH]cc21. The molecular weight excluding hydrogens is 254 g/mol. The molecular formula is C15H15N3S. The highest BCUT2D eigenvalue weighted by Crippen LogP contribution is 2.51. The molecule has 0 bridgehead atoms. The standard InChI is InChI=1S/C15H15N3S/c1-15(2)7-11-14(13-9(15)8-16-18-13)19-12-6-4-3-5-10(12)17-11/h3-6,8,17H,7H2,1-2H3,(H,16,18). The topological polar surface area (TPSA) is 40.7 Å². The second-order valence-corrected chi connectivity index (χ2v) is 6.79. The van der Waals surface area contributed by atoms with Gasteiger partial charge in [0.2, 0.25) is 0 Å².